The molecule has 2 N–H and O–H groups in total. The molecule has 0 spiro atoms. The van der Waals surface area contributed by atoms with Crippen LogP contribution in [-0.2, 0) is 4.74 Å². The van der Waals surface area contributed by atoms with Crippen LogP contribution in [0.1, 0.15) is 26.2 Å². The summed E-state index contributed by atoms with van der Waals surface area (Å²) in [4.78, 5) is 2.45. The summed E-state index contributed by atoms with van der Waals surface area (Å²) in [5.41, 5.74) is 5.42. The topological polar surface area (TPSA) is 38.5 Å². The second-order valence-corrected chi connectivity index (χ2v) is 4.22. The Morgan fingerprint density at radius 3 is 2.73 bits per heavy atom. The lowest BCUT2D eigenvalue weighted by atomic mass is 10.1. The van der Waals surface area contributed by atoms with E-state index in [0.29, 0.717) is 12.1 Å². The highest BCUT2D eigenvalue weighted by Gasteiger charge is 2.21. The van der Waals surface area contributed by atoms with Gasteiger partial charge in [-0.15, -0.1) is 6.58 Å². The van der Waals surface area contributed by atoms with E-state index in [2.05, 4.69) is 18.4 Å². The van der Waals surface area contributed by atoms with Crippen molar-refractivity contribution in [2.24, 2.45) is 5.73 Å². The smallest absolute Gasteiger partial charge is 0.0599 e. The zero-order chi connectivity index (χ0) is 11.1. The van der Waals surface area contributed by atoms with Gasteiger partial charge in [0.05, 0.1) is 6.10 Å². The first-order valence-electron chi connectivity index (χ1n) is 5.96. The Labute approximate surface area is 93.3 Å². The summed E-state index contributed by atoms with van der Waals surface area (Å²) in [6.45, 7) is 9.82. The summed E-state index contributed by atoms with van der Waals surface area (Å²) >= 11 is 0. The highest BCUT2D eigenvalue weighted by atomic mass is 16.5. The molecule has 15 heavy (non-hydrogen) atoms. The Bertz CT molecular complexity index is 176. The second kappa shape index (κ2) is 6.99. The van der Waals surface area contributed by atoms with Crippen molar-refractivity contribution in [3.05, 3.63) is 12.7 Å². The van der Waals surface area contributed by atoms with Gasteiger partial charge >= 0.3 is 0 Å². The van der Waals surface area contributed by atoms with Crippen molar-refractivity contribution < 1.29 is 4.74 Å². The minimum absolute atomic E-state index is 0.449. The molecule has 0 aromatic heterocycles. The van der Waals surface area contributed by atoms with Gasteiger partial charge in [-0.2, -0.15) is 0 Å². The molecular weight excluding hydrogens is 188 g/mol. The standard InChI is InChI=1S/C12H24N2O/c1-3-11(2)14-8-5-12(6-9-14)15-10-4-7-13/h3,11-12H,1,4-10,13H2,2H3. The molecule has 1 rings (SSSR count). The number of piperidine rings is 1. The lowest BCUT2D eigenvalue weighted by Gasteiger charge is -2.34. The molecule has 0 aromatic rings. The van der Waals surface area contributed by atoms with Gasteiger partial charge in [-0.1, -0.05) is 6.08 Å². The SMILES string of the molecule is C=CC(C)N1CCC(OCCCN)CC1. The van der Waals surface area contributed by atoms with E-state index < -0.39 is 0 Å². The third-order valence-electron chi connectivity index (χ3n) is 3.10. The average Bonchev–Trinajstić information content (AvgIpc) is 2.29. The Kier molecular flexibility index (Phi) is 5.91. The summed E-state index contributed by atoms with van der Waals surface area (Å²) < 4.78 is 5.75. The molecule has 0 aliphatic carbocycles. The van der Waals surface area contributed by atoms with Crippen molar-refractivity contribution in [2.45, 2.75) is 38.3 Å². The molecule has 1 unspecified atom stereocenters. The Morgan fingerprint density at radius 2 is 2.20 bits per heavy atom. The van der Waals surface area contributed by atoms with E-state index in [-0.39, 0.29) is 0 Å². The molecule has 0 amide bonds. The normalized spacial score (nSPS) is 21.5. The van der Waals surface area contributed by atoms with Gasteiger partial charge in [0.15, 0.2) is 0 Å². The van der Waals surface area contributed by atoms with E-state index in [1.807, 2.05) is 6.08 Å². The van der Waals surface area contributed by atoms with Crippen LogP contribution in [0.25, 0.3) is 0 Å². The minimum Gasteiger partial charge on any atom is -0.378 e. The summed E-state index contributed by atoms with van der Waals surface area (Å²) in [6.07, 6.45) is 5.72. The van der Waals surface area contributed by atoms with Crippen molar-refractivity contribution >= 4 is 0 Å². The van der Waals surface area contributed by atoms with Gasteiger partial charge in [0.2, 0.25) is 0 Å². The monoisotopic (exact) mass is 212 g/mol. The number of nitrogens with two attached hydrogens (primary N) is 1. The van der Waals surface area contributed by atoms with Crippen LogP contribution in [0.15, 0.2) is 12.7 Å². The largest absolute Gasteiger partial charge is 0.378 e. The van der Waals surface area contributed by atoms with E-state index in [9.17, 15) is 0 Å². The van der Waals surface area contributed by atoms with Crippen LogP contribution in [0.2, 0.25) is 0 Å². The highest BCUT2D eigenvalue weighted by molar-refractivity contribution is 4.86. The summed E-state index contributed by atoms with van der Waals surface area (Å²) in [6, 6.07) is 0.495. The Balaban J connectivity index is 2.15. The maximum absolute atomic E-state index is 5.75. The molecule has 0 bridgehead atoms. The van der Waals surface area contributed by atoms with Crippen LogP contribution in [0, 0.1) is 0 Å². The number of ether oxygens (including phenoxy) is 1. The lowest BCUT2D eigenvalue weighted by Crippen LogP contribution is -2.41. The highest BCUT2D eigenvalue weighted by Crippen LogP contribution is 2.16. The molecule has 0 saturated carbocycles. The fraction of sp³-hybridized carbons (Fsp3) is 0.833. The molecule has 3 heteroatoms. The first-order valence-corrected chi connectivity index (χ1v) is 5.96. The molecule has 0 radical (unpaired) electrons. The van der Waals surface area contributed by atoms with Crippen LogP contribution in [0.5, 0.6) is 0 Å². The van der Waals surface area contributed by atoms with Crippen LogP contribution in [0.4, 0.5) is 0 Å². The number of likely N-dealkylation sites (tertiary alicyclic amines) is 1. The molecule has 1 fully saturated rings. The molecule has 0 aromatic carbocycles. The summed E-state index contributed by atoms with van der Waals surface area (Å²) in [5.74, 6) is 0. The van der Waals surface area contributed by atoms with Gasteiger partial charge in [-0.05, 0) is 32.7 Å². The fourth-order valence-electron chi connectivity index (χ4n) is 1.93. The predicted molar refractivity (Wildman–Crippen MR) is 63.9 cm³/mol. The third kappa shape index (κ3) is 4.33. The van der Waals surface area contributed by atoms with Gasteiger partial charge in [0.25, 0.3) is 0 Å². The first kappa shape index (κ1) is 12.7. The van der Waals surface area contributed by atoms with Gasteiger partial charge in [0.1, 0.15) is 0 Å². The van der Waals surface area contributed by atoms with Gasteiger partial charge in [-0.3, -0.25) is 4.90 Å². The number of nitrogens with zero attached hydrogens (tertiary/aromatic N) is 1. The number of hydrogen-bond acceptors (Lipinski definition) is 3. The minimum atomic E-state index is 0.449. The van der Waals surface area contributed by atoms with E-state index in [1.54, 1.807) is 0 Å². The number of hydrogen-bond donors (Lipinski definition) is 1. The average molecular weight is 212 g/mol. The molecular formula is C12H24N2O. The van der Waals surface area contributed by atoms with Crippen LogP contribution < -0.4 is 5.73 Å². The fourth-order valence-corrected chi connectivity index (χ4v) is 1.93. The van der Waals surface area contributed by atoms with Crippen molar-refractivity contribution in [1.82, 2.24) is 4.90 Å². The molecule has 1 heterocycles. The van der Waals surface area contributed by atoms with Crippen molar-refractivity contribution in [3.63, 3.8) is 0 Å². The molecule has 1 aliphatic rings. The molecule has 88 valence electrons. The molecule has 1 atom stereocenters. The van der Waals surface area contributed by atoms with Gasteiger partial charge in [-0.25, -0.2) is 0 Å². The third-order valence-corrected chi connectivity index (χ3v) is 3.10. The van der Waals surface area contributed by atoms with Crippen LogP contribution in [0.3, 0.4) is 0 Å². The zero-order valence-corrected chi connectivity index (χ0v) is 9.82. The van der Waals surface area contributed by atoms with Crippen LogP contribution >= 0.6 is 0 Å². The molecule has 1 saturated heterocycles. The Morgan fingerprint density at radius 1 is 1.53 bits per heavy atom. The van der Waals surface area contributed by atoms with E-state index >= 15 is 0 Å². The van der Waals surface area contributed by atoms with Gasteiger partial charge < -0.3 is 10.5 Å². The van der Waals surface area contributed by atoms with Gasteiger partial charge in [0, 0.05) is 25.7 Å². The molecule has 1 aliphatic heterocycles. The molecule has 3 nitrogen and oxygen atoms in total. The quantitative estimate of drug-likeness (QED) is 0.534. The van der Waals surface area contributed by atoms with E-state index in [0.717, 1.165) is 45.5 Å². The summed E-state index contributed by atoms with van der Waals surface area (Å²) in [5, 5.41) is 0. The maximum Gasteiger partial charge on any atom is 0.0599 e. The summed E-state index contributed by atoms with van der Waals surface area (Å²) in [7, 11) is 0. The lowest BCUT2D eigenvalue weighted by molar-refractivity contribution is 0.00336. The van der Waals surface area contributed by atoms with Crippen molar-refractivity contribution in [2.75, 3.05) is 26.2 Å². The Hall–Kier alpha value is -0.380. The zero-order valence-electron chi connectivity index (χ0n) is 9.82. The maximum atomic E-state index is 5.75. The second-order valence-electron chi connectivity index (χ2n) is 4.22. The van der Waals surface area contributed by atoms with E-state index in [4.69, 9.17) is 10.5 Å². The van der Waals surface area contributed by atoms with Crippen molar-refractivity contribution in [3.8, 4) is 0 Å². The predicted octanol–water partition coefficient (Wildman–Crippen LogP) is 1.39. The first-order chi connectivity index (χ1) is 7.27. The van der Waals surface area contributed by atoms with Crippen molar-refractivity contribution in [1.29, 1.82) is 0 Å². The van der Waals surface area contributed by atoms with Crippen LogP contribution in [-0.4, -0.2) is 43.3 Å². The van der Waals surface area contributed by atoms with E-state index in [1.165, 1.54) is 0 Å². The number of rotatable bonds is 6.